The summed E-state index contributed by atoms with van der Waals surface area (Å²) in [4.78, 5) is 0. The van der Waals surface area contributed by atoms with Crippen molar-refractivity contribution in [1.82, 2.24) is 10.6 Å². The first kappa shape index (κ1) is 10.4. The molecule has 1 heterocycles. The molecule has 0 saturated carbocycles. The van der Waals surface area contributed by atoms with Gasteiger partial charge in [0.05, 0.1) is 0 Å². The molecule has 2 heteroatoms. The largest absolute Gasteiger partial charge is 0.315 e. The predicted octanol–water partition coefficient (Wildman–Crippen LogP) is 1.65. The highest BCUT2D eigenvalue weighted by molar-refractivity contribution is 5.48. The quantitative estimate of drug-likeness (QED) is 0.776. The average molecular weight is 202 g/mol. The van der Waals surface area contributed by atoms with Gasteiger partial charge in [-0.05, 0) is 18.5 Å². The summed E-state index contributed by atoms with van der Waals surface area (Å²) in [6.07, 6.45) is 5.60. The maximum atomic E-state index is 3.50. The van der Waals surface area contributed by atoms with Crippen molar-refractivity contribution in [1.29, 1.82) is 0 Å². The summed E-state index contributed by atoms with van der Waals surface area (Å²) in [6.45, 7) is 3.22. The fraction of sp³-hybridized carbons (Fsp3) is 0.385. The van der Waals surface area contributed by atoms with Crippen LogP contribution in [0.25, 0.3) is 6.08 Å². The highest BCUT2D eigenvalue weighted by Crippen LogP contribution is 2.01. The molecule has 0 spiro atoms. The summed E-state index contributed by atoms with van der Waals surface area (Å²) in [7, 11) is 0. The van der Waals surface area contributed by atoms with Crippen LogP contribution < -0.4 is 10.6 Å². The molecule has 1 aliphatic rings. The Bertz CT molecular complexity index is 300. The maximum absolute atomic E-state index is 3.50. The van der Waals surface area contributed by atoms with Crippen LogP contribution in [0.5, 0.6) is 0 Å². The Morgan fingerprint density at radius 1 is 1.33 bits per heavy atom. The molecular weight excluding hydrogens is 184 g/mol. The van der Waals surface area contributed by atoms with E-state index in [1.165, 1.54) is 12.0 Å². The number of benzene rings is 1. The lowest BCUT2D eigenvalue weighted by Crippen LogP contribution is -2.30. The molecule has 1 aliphatic heterocycles. The van der Waals surface area contributed by atoms with Crippen LogP contribution in [0.2, 0.25) is 0 Å². The molecule has 2 rings (SSSR count). The van der Waals surface area contributed by atoms with E-state index in [0.717, 1.165) is 19.6 Å². The van der Waals surface area contributed by atoms with Gasteiger partial charge in [-0.25, -0.2) is 0 Å². The van der Waals surface area contributed by atoms with E-state index in [9.17, 15) is 0 Å². The minimum atomic E-state index is 0.658. The first-order valence-electron chi connectivity index (χ1n) is 5.61. The van der Waals surface area contributed by atoms with Gasteiger partial charge < -0.3 is 10.6 Å². The SMILES string of the molecule is C(=Cc1ccccc1)CNC1CCNC1. The number of hydrogen-bond donors (Lipinski definition) is 2. The van der Waals surface area contributed by atoms with E-state index in [0.29, 0.717) is 6.04 Å². The van der Waals surface area contributed by atoms with Gasteiger partial charge in [-0.15, -0.1) is 0 Å². The van der Waals surface area contributed by atoms with Crippen molar-refractivity contribution in [3.63, 3.8) is 0 Å². The van der Waals surface area contributed by atoms with Crippen LogP contribution in [-0.4, -0.2) is 25.7 Å². The monoisotopic (exact) mass is 202 g/mol. The van der Waals surface area contributed by atoms with E-state index in [1.54, 1.807) is 0 Å². The van der Waals surface area contributed by atoms with E-state index in [1.807, 2.05) is 6.07 Å². The van der Waals surface area contributed by atoms with Crippen LogP contribution in [0.3, 0.4) is 0 Å². The summed E-state index contributed by atoms with van der Waals surface area (Å²) in [6, 6.07) is 11.1. The molecule has 2 N–H and O–H groups in total. The van der Waals surface area contributed by atoms with E-state index in [-0.39, 0.29) is 0 Å². The van der Waals surface area contributed by atoms with E-state index in [4.69, 9.17) is 0 Å². The summed E-state index contributed by atoms with van der Waals surface area (Å²) in [5, 5.41) is 6.85. The second-order valence-electron chi connectivity index (χ2n) is 3.91. The molecule has 2 nitrogen and oxygen atoms in total. The lowest BCUT2D eigenvalue weighted by atomic mass is 10.2. The lowest BCUT2D eigenvalue weighted by Gasteiger charge is -2.07. The van der Waals surface area contributed by atoms with Crippen LogP contribution in [0.4, 0.5) is 0 Å². The van der Waals surface area contributed by atoms with Crippen molar-refractivity contribution in [3.05, 3.63) is 42.0 Å². The van der Waals surface area contributed by atoms with Crippen LogP contribution in [0, 0.1) is 0 Å². The van der Waals surface area contributed by atoms with Gasteiger partial charge in [-0.2, -0.15) is 0 Å². The van der Waals surface area contributed by atoms with E-state index < -0.39 is 0 Å². The second-order valence-corrected chi connectivity index (χ2v) is 3.91. The standard InChI is InChI=1S/C13H18N2/c1-2-5-12(6-3-1)7-4-9-15-13-8-10-14-11-13/h1-7,13-15H,8-11H2. The molecule has 15 heavy (non-hydrogen) atoms. The molecule has 0 amide bonds. The van der Waals surface area contributed by atoms with Crippen molar-refractivity contribution >= 4 is 6.08 Å². The Hall–Kier alpha value is -1.12. The molecule has 1 saturated heterocycles. The fourth-order valence-electron chi connectivity index (χ4n) is 1.82. The number of rotatable bonds is 4. The van der Waals surface area contributed by atoms with E-state index >= 15 is 0 Å². The van der Waals surface area contributed by atoms with Gasteiger partial charge in [-0.3, -0.25) is 0 Å². The zero-order valence-corrected chi connectivity index (χ0v) is 8.95. The zero-order chi connectivity index (χ0) is 10.3. The fourth-order valence-corrected chi connectivity index (χ4v) is 1.82. The lowest BCUT2D eigenvalue weighted by molar-refractivity contribution is 0.583. The Morgan fingerprint density at radius 3 is 2.93 bits per heavy atom. The Labute approximate surface area is 91.4 Å². The summed E-state index contributed by atoms with van der Waals surface area (Å²) in [5.74, 6) is 0. The van der Waals surface area contributed by atoms with Crippen LogP contribution in [-0.2, 0) is 0 Å². The minimum absolute atomic E-state index is 0.658. The predicted molar refractivity (Wildman–Crippen MR) is 64.8 cm³/mol. The average Bonchev–Trinajstić information content (AvgIpc) is 2.79. The molecule has 0 aromatic heterocycles. The third-order valence-corrected chi connectivity index (χ3v) is 2.69. The minimum Gasteiger partial charge on any atom is -0.315 e. The first-order chi connectivity index (χ1) is 7.45. The molecule has 1 aromatic carbocycles. The third kappa shape index (κ3) is 3.50. The van der Waals surface area contributed by atoms with Gasteiger partial charge in [0, 0.05) is 19.1 Å². The molecule has 1 unspecified atom stereocenters. The molecule has 1 fully saturated rings. The van der Waals surface area contributed by atoms with Gasteiger partial charge in [0.2, 0.25) is 0 Å². The second kappa shape index (κ2) is 5.69. The summed E-state index contributed by atoms with van der Waals surface area (Å²) < 4.78 is 0. The molecule has 0 aliphatic carbocycles. The Kier molecular flexibility index (Phi) is 3.94. The number of hydrogen-bond acceptors (Lipinski definition) is 2. The van der Waals surface area contributed by atoms with Crippen molar-refractivity contribution in [2.45, 2.75) is 12.5 Å². The molecular formula is C13H18N2. The third-order valence-electron chi connectivity index (χ3n) is 2.69. The van der Waals surface area contributed by atoms with Crippen LogP contribution in [0.15, 0.2) is 36.4 Å². The summed E-state index contributed by atoms with van der Waals surface area (Å²) >= 11 is 0. The van der Waals surface area contributed by atoms with Gasteiger partial charge in [-0.1, -0.05) is 42.5 Å². The molecule has 80 valence electrons. The van der Waals surface area contributed by atoms with Crippen molar-refractivity contribution in [3.8, 4) is 0 Å². The number of nitrogens with one attached hydrogen (secondary N) is 2. The topological polar surface area (TPSA) is 24.1 Å². The highest BCUT2D eigenvalue weighted by Gasteiger charge is 2.11. The molecule has 0 bridgehead atoms. The van der Waals surface area contributed by atoms with Crippen molar-refractivity contribution in [2.24, 2.45) is 0 Å². The molecule has 0 radical (unpaired) electrons. The van der Waals surface area contributed by atoms with Crippen molar-refractivity contribution in [2.75, 3.05) is 19.6 Å². The zero-order valence-electron chi connectivity index (χ0n) is 8.95. The first-order valence-corrected chi connectivity index (χ1v) is 5.61. The van der Waals surface area contributed by atoms with Gasteiger partial charge in [0.1, 0.15) is 0 Å². The van der Waals surface area contributed by atoms with Crippen LogP contribution in [0.1, 0.15) is 12.0 Å². The molecule has 1 aromatic rings. The maximum Gasteiger partial charge on any atom is 0.0207 e. The molecule has 1 atom stereocenters. The van der Waals surface area contributed by atoms with Gasteiger partial charge >= 0.3 is 0 Å². The smallest absolute Gasteiger partial charge is 0.0207 e. The van der Waals surface area contributed by atoms with E-state index in [2.05, 4.69) is 47.1 Å². The highest BCUT2D eigenvalue weighted by atomic mass is 15.0. The van der Waals surface area contributed by atoms with Gasteiger partial charge in [0.15, 0.2) is 0 Å². The summed E-state index contributed by atoms with van der Waals surface area (Å²) in [5.41, 5.74) is 1.27. The Morgan fingerprint density at radius 2 is 2.20 bits per heavy atom. The van der Waals surface area contributed by atoms with Crippen molar-refractivity contribution < 1.29 is 0 Å². The van der Waals surface area contributed by atoms with Crippen LogP contribution >= 0.6 is 0 Å². The Balaban J connectivity index is 1.71. The van der Waals surface area contributed by atoms with Gasteiger partial charge in [0.25, 0.3) is 0 Å². The normalized spacial score (nSPS) is 21.2.